The van der Waals surface area contributed by atoms with Gasteiger partial charge in [-0.3, -0.25) is 4.79 Å². The number of fused-ring (bicyclic) bond motifs is 7. The summed E-state index contributed by atoms with van der Waals surface area (Å²) in [7, 11) is 0. The van der Waals surface area contributed by atoms with E-state index in [0.29, 0.717) is 33.4 Å². The highest BCUT2D eigenvalue weighted by atomic mass is 16.1. The molecule has 4 saturated carbocycles. The number of carbonyl (C=O) groups is 1. The van der Waals surface area contributed by atoms with Crippen molar-refractivity contribution in [2.45, 2.75) is 293 Å². The molecule has 5 aliphatic carbocycles. The quantitative estimate of drug-likeness (QED) is 0.0568. The average molecular weight is 817 g/mol. The maximum atomic E-state index is 13.5. The largest absolute Gasteiger partial charge is 0.300 e. The Hall–Kier alpha value is -0.590. The first kappa shape index (κ1) is 49.4. The van der Waals surface area contributed by atoms with Crippen molar-refractivity contribution >= 4 is 5.78 Å². The van der Waals surface area contributed by atoms with E-state index >= 15 is 0 Å². The average Bonchev–Trinajstić information content (AvgIpc) is 3.19. The minimum Gasteiger partial charge on any atom is -0.300 e. The normalized spacial score (nSPS) is 33.4. The molecule has 0 aromatic heterocycles. The van der Waals surface area contributed by atoms with Crippen molar-refractivity contribution < 1.29 is 4.79 Å². The van der Waals surface area contributed by atoms with Crippen LogP contribution in [0.15, 0.2) is 11.6 Å². The van der Waals surface area contributed by atoms with Crippen molar-refractivity contribution in [3.05, 3.63) is 11.6 Å². The van der Waals surface area contributed by atoms with Gasteiger partial charge < -0.3 is 0 Å². The van der Waals surface area contributed by atoms with Crippen LogP contribution in [0, 0.1) is 56.7 Å². The Morgan fingerprint density at radius 2 is 0.983 bits per heavy atom. The molecule has 5 aliphatic rings. The van der Waals surface area contributed by atoms with E-state index in [-0.39, 0.29) is 5.41 Å². The molecule has 0 spiro atoms. The lowest BCUT2D eigenvalue weighted by Crippen LogP contribution is -2.61. The third-order valence-corrected chi connectivity index (χ3v) is 19.5. The summed E-state index contributed by atoms with van der Waals surface area (Å²) < 4.78 is 0. The summed E-state index contributed by atoms with van der Waals surface area (Å²) in [5.41, 5.74) is 4.09. The van der Waals surface area contributed by atoms with Gasteiger partial charge in [-0.05, 0) is 127 Å². The van der Waals surface area contributed by atoms with E-state index in [4.69, 9.17) is 0 Å². The molecule has 0 aromatic carbocycles. The zero-order chi connectivity index (χ0) is 42.4. The molecule has 8 atom stereocenters. The third kappa shape index (κ3) is 13.2. The smallest absolute Gasteiger partial charge is 0.133 e. The van der Waals surface area contributed by atoms with Gasteiger partial charge in [-0.25, -0.2) is 0 Å². The monoisotopic (exact) mass is 817 g/mol. The first-order valence-electron chi connectivity index (χ1n) is 27.5. The standard InChI is InChI=1S/C58H104O/c1-9-10-11-12-13-14-15-16-17-18-19-20-21-22-23-24-25-26-27-28-29-30-31-32-33-34-48(59)45-47-37-41-58(8)52(55(47,4)5)39-42-57(7)50-38-40-56(6)44-43-54(2,3)46-51(56)49(50)35-36-53(57)58/h35,47,50-53H,9-34,36-46H2,1-8H3/t47-,50?,51?,52?,53?,56+,57+,58+/m1/s1. The molecular formula is C58H104O. The van der Waals surface area contributed by atoms with E-state index in [2.05, 4.69) is 61.5 Å². The first-order valence-corrected chi connectivity index (χ1v) is 27.5. The minimum absolute atomic E-state index is 0.262. The topological polar surface area (TPSA) is 17.1 Å². The summed E-state index contributed by atoms with van der Waals surface area (Å²) in [5, 5.41) is 0. The number of ketones is 1. The van der Waals surface area contributed by atoms with Crippen molar-refractivity contribution in [1.82, 2.24) is 0 Å². The predicted molar refractivity (Wildman–Crippen MR) is 259 cm³/mol. The number of Topliss-reactive ketones (excluding diaryl/α,β-unsaturated/α-hetero) is 1. The lowest BCUT2D eigenvalue weighted by atomic mass is 9.36. The molecule has 1 nitrogen and oxygen atoms in total. The SMILES string of the molecule is CCCCCCCCCCCCCCCCCCCCCCCCCCCC(=O)C[C@H]1CC[C@@]2(C)C(CC[C@@]3(C)C4CC[C@@]5(C)CCC(C)(C)CC5C4=CCC32)C1(C)C. The molecule has 59 heavy (non-hydrogen) atoms. The predicted octanol–water partition coefficient (Wildman–Crippen LogP) is 19.2. The summed E-state index contributed by atoms with van der Waals surface area (Å²) >= 11 is 0. The molecule has 4 fully saturated rings. The van der Waals surface area contributed by atoms with Crippen LogP contribution in [0.3, 0.4) is 0 Å². The van der Waals surface area contributed by atoms with Gasteiger partial charge in [-0.15, -0.1) is 0 Å². The van der Waals surface area contributed by atoms with Gasteiger partial charge in [0.1, 0.15) is 5.78 Å². The molecule has 5 rings (SSSR count). The van der Waals surface area contributed by atoms with Gasteiger partial charge in [-0.1, -0.05) is 221 Å². The maximum Gasteiger partial charge on any atom is 0.133 e. The van der Waals surface area contributed by atoms with Gasteiger partial charge in [0.25, 0.3) is 0 Å². The number of rotatable bonds is 28. The molecule has 0 radical (unpaired) electrons. The second-order valence-corrected chi connectivity index (χ2v) is 24.8. The molecule has 0 N–H and O–H groups in total. The fraction of sp³-hybridized carbons (Fsp3) is 0.948. The molecular weight excluding hydrogens is 713 g/mol. The zero-order valence-corrected chi connectivity index (χ0v) is 41.5. The van der Waals surface area contributed by atoms with Crippen LogP contribution in [-0.2, 0) is 4.79 Å². The Labute approximate surface area is 370 Å². The number of allylic oxidation sites excluding steroid dienone is 2. The van der Waals surface area contributed by atoms with Crippen molar-refractivity contribution in [1.29, 1.82) is 0 Å². The fourth-order valence-electron chi connectivity index (χ4n) is 15.5. The number of carbonyl (C=O) groups excluding carboxylic acids is 1. The van der Waals surface area contributed by atoms with E-state index in [1.165, 1.54) is 218 Å². The summed E-state index contributed by atoms with van der Waals surface area (Å²) in [5.74, 6) is 4.35. The Morgan fingerprint density at radius 3 is 1.49 bits per heavy atom. The van der Waals surface area contributed by atoms with Crippen LogP contribution < -0.4 is 0 Å². The van der Waals surface area contributed by atoms with Crippen LogP contribution in [0.25, 0.3) is 0 Å². The summed E-state index contributed by atoms with van der Waals surface area (Å²) in [6, 6.07) is 0. The lowest BCUT2D eigenvalue weighted by Gasteiger charge is -2.68. The minimum atomic E-state index is 0.262. The highest BCUT2D eigenvalue weighted by Crippen LogP contribution is 2.72. The third-order valence-electron chi connectivity index (χ3n) is 19.5. The molecule has 1 heteroatoms. The van der Waals surface area contributed by atoms with Gasteiger partial charge >= 0.3 is 0 Å². The highest BCUT2D eigenvalue weighted by Gasteiger charge is 2.64. The van der Waals surface area contributed by atoms with Gasteiger partial charge in [0.15, 0.2) is 0 Å². The van der Waals surface area contributed by atoms with Crippen molar-refractivity contribution in [3.8, 4) is 0 Å². The van der Waals surface area contributed by atoms with Crippen LogP contribution >= 0.6 is 0 Å². The van der Waals surface area contributed by atoms with Gasteiger partial charge in [-0.2, -0.15) is 0 Å². The molecule has 0 aliphatic heterocycles. The van der Waals surface area contributed by atoms with Crippen LogP contribution in [0.4, 0.5) is 0 Å². The van der Waals surface area contributed by atoms with Crippen molar-refractivity contribution in [2.75, 3.05) is 0 Å². The maximum absolute atomic E-state index is 13.5. The van der Waals surface area contributed by atoms with Crippen LogP contribution in [0.5, 0.6) is 0 Å². The molecule has 0 saturated heterocycles. The van der Waals surface area contributed by atoms with E-state index in [0.717, 1.165) is 42.9 Å². The number of unbranched alkanes of at least 4 members (excludes halogenated alkanes) is 24. The van der Waals surface area contributed by atoms with Crippen LogP contribution in [0.2, 0.25) is 0 Å². The fourth-order valence-corrected chi connectivity index (χ4v) is 15.5. The first-order chi connectivity index (χ1) is 28.3. The molecule has 342 valence electrons. The Kier molecular flexibility index (Phi) is 19.6. The van der Waals surface area contributed by atoms with Gasteiger partial charge in [0.2, 0.25) is 0 Å². The van der Waals surface area contributed by atoms with E-state index in [1.54, 1.807) is 0 Å². The second kappa shape index (κ2) is 23.4. The molecule has 4 unspecified atom stereocenters. The Balaban J connectivity index is 0.879. The van der Waals surface area contributed by atoms with E-state index < -0.39 is 0 Å². The molecule has 0 heterocycles. The summed E-state index contributed by atoms with van der Waals surface area (Å²) in [6.45, 7) is 20.7. The number of hydrogen-bond donors (Lipinski definition) is 0. The van der Waals surface area contributed by atoms with Crippen molar-refractivity contribution in [3.63, 3.8) is 0 Å². The van der Waals surface area contributed by atoms with Crippen LogP contribution in [0.1, 0.15) is 293 Å². The second-order valence-electron chi connectivity index (χ2n) is 24.8. The van der Waals surface area contributed by atoms with Gasteiger partial charge in [0.05, 0.1) is 0 Å². The Bertz CT molecular complexity index is 1250. The zero-order valence-electron chi connectivity index (χ0n) is 41.5. The van der Waals surface area contributed by atoms with Gasteiger partial charge in [0, 0.05) is 12.8 Å². The lowest BCUT2D eigenvalue weighted by molar-refractivity contribution is -0.172. The molecule has 0 bridgehead atoms. The highest BCUT2D eigenvalue weighted by molar-refractivity contribution is 5.78. The van der Waals surface area contributed by atoms with Crippen LogP contribution in [-0.4, -0.2) is 5.78 Å². The van der Waals surface area contributed by atoms with Crippen molar-refractivity contribution in [2.24, 2.45) is 56.7 Å². The number of hydrogen-bond acceptors (Lipinski definition) is 1. The molecule has 0 aromatic rings. The summed E-state index contributed by atoms with van der Waals surface area (Å²) in [6.07, 6.45) is 54.1. The van der Waals surface area contributed by atoms with E-state index in [9.17, 15) is 4.79 Å². The van der Waals surface area contributed by atoms with E-state index in [1.807, 2.05) is 5.57 Å². The molecule has 0 amide bonds. The Morgan fingerprint density at radius 1 is 0.508 bits per heavy atom. The summed E-state index contributed by atoms with van der Waals surface area (Å²) in [4.78, 5) is 13.5.